The Bertz CT molecular complexity index is 1090. The molecule has 0 atom stereocenters. The molecule has 0 saturated carbocycles. The maximum atomic E-state index is 12.9. The van der Waals surface area contributed by atoms with Gasteiger partial charge >= 0.3 is 0 Å². The molecule has 4 aromatic rings. The molecule has 0 bridgehead atoms. The highest BCUT2D eigenvalue weighted by Crippen LogP contribution is 2.20. The Kier molecular flexibility index (Phi) is 3.23. The van der Waals surface area contributed by atoms with Crippen molar-refractivity contribution in [2.75, 3.05) is 0 Å². The van der Waals surface area contributed by atoms with Gasteiger partial charge in [-0.2, -0.15) is 0 Å². The minimum Gasteiger partial charge on any atom is -0.491 e. The molecule has 1 aromatic carbocycles. The summed E-state index contributed by atoms with van der Waals surface area (Å²) in [5.41, 5.74) is 1.72. The zero-order valence-electron chi connectivity index (χ0n) is 13.1. The molecule has 0 aliphatic rings. The Labute approximate surface area is 136 Å². The highest BCUT2D eigenvalue weighted by molar-refractivity contribution is 5.81. The molecule has 0 unspecified atom stereocenters. The Balaban J connectivity index is 1.95. The number of tetrazole rings is 1. The number of nitrogens with zero attached hydrogens (tertiary/aromatic N) is 5. The van der Waals surface area contributed by atoms with Crippen molar-refractivity contribution in [3.63, 3.8) is 0 Å². The first-order valence-electron chi connectivity index (χ1n) is 7.49. The average Bonchev–Trinajstić information content (AvgIpc) is 3.09. The second kappa shape index (κ2) is 5.41. The Hall–Kier alpha value is -3.29. The summed E-state index contributed by atoms with van der Waals surface area (Å²) < 4.78 is 7.15. The number of hydrogen-bond acceptors (Lipinski definition) is 6. The van der Waals surface area contributed by atoms with Gasteiger partial charge in [0.2, 0.25) is 0 Å². The van der Waals surface area contributed by atoms with Gasteiger partial charge in [0.1, 0.15) is 11.4 Å². The molecule has 0 aliphatic heterocycles. The van der Waals surface area contributed by atoms with Crippen LogP contribution in [0.15, 0.2) is 41.3 Å². The molecule has 0 spiro atoms. The molecule has 120 valence electrons. The Morgan fingerprint density at radius 1 is 1.21 bits per heavy atom. The molecule has 24 heavy (non-hydrogen) atoms. The summed E-state index contributed by atoms with van der Waals surface area (Å²) >= 11 is 0. The topological polar surface area (TPSA) is 98.1 Å². The van der Waals surface area contributed by atoms with Crippen molar-refractivity contribution in [1.29, 1.82) is 0 Å². The predicted octanol–water partition coefficient (Wildman–Crippen LogP) is 1.81. The van der Waals surface area contributed by atoms with Gasteiger partial charge in [-0.15, -0.1) is 5.10 Å². The molecular weight excluding hydrogens is 308 g/mol. The lowest BCUT2D eigenvalue weighted by atomic mass is 10.2. The summed E-state index contributed by atoms with van der Waals surface area (Å²) in [7, 11) is 0. The van der Waals surface area contributed by atoms with Crippen LogP contribution in [-0.4, -0.2) is 36.1 Å². The van der Waals surface area contributed by atoms with Crippen LogP contribution in [0.1, 0.15) is 13.8 Å². The molecule has 3 heterocycles. The van der Waals surface area contributed by atoms with Gasteiger partial charge < -0.3 is 4.74 Å². The van der Waals surface area contributed by atoms with Crippen molar-refractivity contribution in [2.45, 2.75) is 20.0 Å². The van der Waals surface area contributed by atoms with Gasteiger partial charge in [0, 0.05) is 11.8 Å². The molecule has 3 aromatic heterocycles. The molecule has 8 nitrogen and oxygen atoms in total. The van der Waals surface area contributed by atoms with Crippen LogP contribution in [0.4, 0.5) is 0 Å². The second-order valence-electron chi connectivity index (χ2n) is 5.66. The SMILES string of the molecule is CC(C)Oc1ccc2nc3ccc(-c4nnn[nH]4)cn3c(=O)c2c1. The molecule has 8 heteroatoms. The van der Waals surface area contributed by atoms with Crippen LogP contribution in [0.3, 0.4) is 0 Å². The van der Waals surface area contributed by atoms with E-state index < -0.39 is 0 Å². The number of benzene rings is 1. The first-order chi connectivity index (χ1) is 11.6. The predicted molar refractivity (Wildman–Crippen MR) is 87.9 cm³/mol. The van der Waals surface area contributed by atoms with Gasteiger partial charge in [-0.05, 0) is 54.6 Å². The van der Waals surface area contributed by atoms with Gasteiger partial charge in [-0.3, -0.25) is 9.20 Å². The lowest BCUT2D eigenvalue weighted by Gasteiger charge is -2.10. The monoisotopic (exact) mass is 322 g/mol. The number of pyridine rings is 1. The van der Waals surface area contributed by atoms with E-state index in [1.807, 2.05) is 26.0 Å². The second-order valence-corrected chi connectivity index (χ2v) is 5.66. The van der Waals surface area contributed by atoms with Gasteiger partial charge in [0.15, 0.2) is 5.82 Å². The van der Waals surface area contributed by atoms with Crippen LogP contribution in [0.5, 0.6) is 5.75 Å². The van der Waals surface area contributed by atoms with Gasteiger partial charge in [-0.25, -0.2) is 10.1 Å². The molecular formula is C16H14N6O2. The fourth-order valence-electron chi connectivity index (χ4n) is 2.55. The summed E-state index contributed by atoms with van der Waals surface area (Å²) in [6.45, 7) is 3.88. The van der Waals surface area contributed by atoms with E-state index in [0.29, 0.717) is 33.7 Å². The minimum atomic E-state index is -0.168. The first-order valence-corrected chi connectivity index (χ1v) is 7.49. The standard InChI is InChI=1S/C16H14N6O2/c1-9(2)24-11-4-5-13-12(7-11)16(23)22-8-10(3-6-14(22)17-13)15-18-20-21-19-15/h3-9H,1-2H3,(H,18,19,20,21). The van der Waals surface area contributed by atoms with Crippen LogP contribution in [-0.2, 0) is 0 Å². The maximum Gasteiger partial charge on any atom is 0.265 e. The van der Waals surface area contributed by atoms with E-state index in [2.05, 4.69) is 25.6 Å². The molecule has 0 aliphatic carbocycles. The summed E-state index contributed by atoms with van der Waals surface area (Å²) in [5.74, 6) is 1.13. The quantitative estimate of drug-likeness (QED) is 0.578. The fourth-order valence-corrected chi connectivity index (χ4v) is 2.55. The Morgan fingerprint density at radius 2 is 2.08 bits per heavy atom. The molecule has 0 saturated heterocycles. The highest BCUT2D eigenvalue weighted by Gasteiger charge is 2.10. The summed E-state index contributed by atoms with van der Waals surface area (Å²) in [4.78, 5) is 17.4. The number of fused-ring (bicyclic) bond motifs is 2. The van der Waals surface area contributed by atoms with E-state index in [1.54, 1.807) is 24.4 Å². The molecule has 4 rings (SSSR count). The van der Waals surface area contributed by atoms with Crippen LogP contribution < -0.4 is 10.3 Å². The summed E-state index contributed by atoms with van der Waals surface area (Å²) in [6.07, 6.45) is 1.70. The van der Waals surface area contributed by atoms with Crippen molar-refractivity contribution in [3.8, 4) is 17.1 Å². The Morgan fingerprint density at radius 3 is 2.83 bits per heavy atom. The van der Waals surface area contributed by atoms with E-state index in [1.165, 1.54) is 4.40 Å². The van der Waals surface area contributed by atoms with Crippen LogP contribution in [0.25, 0.3) is 27.9 Å². The van der Waals surface area contributed by atoms with Gasteiger partial charge in [0.05, 0.1) is 17.0 Å². The fraction of sp³-hybridized carbons (Fsp3) is 0.188. The van der Waals surface area contributed by atoms with Crippen molar-refractivity contribution in [2.24, 2.45) is 0 Å². The van der Waals surface area contributed by atoms with E-state index in [-0.39, 0.29) is 11.7 Å². The summed E-state index contributed by atoms with van der Waals surface area (Å²) in [5, 5.41) is 14.1. The number of H-pyrrole nitrogens is 1. The van der Waals surface area contributed by atoms with E-state index in [0.717, 1.165) is 0 Å². The van der Waals surface area contributed by atoms with E-state index in [4.69, 9.17) is 4.74 Å². The van der Waals surface area contributed by atoms with Crippen LogP contribution >= 0.6 is 0 Å². The van der Waals surface area contributed by atoms with E-state index in [9.17, 15) is 4.79 Å². The number of ether oxygens (including phenoxy) is 1. The number of nitrogens with one attached hydrogen (secondary N) is 1. The highest BCUT2D eigenvalue weighted by atomic mass is 16.5. The zero-order chi connectivity index (χ0) is 16.7. The van der Waals surface area contributed by atoms with Crippen molar-refractivity contribution < 1.29 is 4.74 Å². The number of hydrogen-bond donors (Lipinski definition) is 1. The lowest BCUT2D eigenvalue weighted by Crippen LogP contribution is -2.15. The molecule has 0 amide bonds. The lowest BCUT2D eigenvalue weighted by molar-refractivity contribution is 0.242. The third kappa shape index (κ3) is 2.37. The van der Waals surface area contributed by atoms with Crippen molar-refractivity contribution in [1.82, 2.24) is 30.0 Å². The van der Waals surface area contributed by atoms with Gasteiger partial charge in [-0.1, -0.05) is 0 Å². The molecule has 0 fully saturated rings. The third-order valence-electron chi connectivity index (χ3n) is 3.57. The van der Waals surface area contributed by atoms with Gasteiger partial charge in [0.25, 0.3) is 5.56 Å². The number of aromatic nitrogens is 6. The van der Waals surface area contributed by atoms with E-state index >= 15 is 0 Å². The smallest absolute Gasteiger partial charge is 0.265 e. The normalized spacial score (nSPS) is 11.5. The number of rotatable bonds is 3. The van der Waals surface area contributed by atoms with Crippen LogP contribution in [0.2, 0.25) is 0 Å². The zero-order valence-corrected chi connectivity index (χ0v) is 13.1. The van der Waals surface area contributed by atoms with Crippen molar-refractivity contribution >= 4 is 16.6 Å². The number of aromatic amines is 1. The average molecular weight is 322 g/mol. The minimum absolute atomic E-state index is 0.0316. The molecule has 1 N–H and O–H groups in total. The first kappa shape index (κ1) is 14.3. The summed E-state index contributed by atoms with van der Waals surface area (Å²) in [6, 6.07) is 8.91. The van der Waals surface area contributed by atoms with Crippen molar-refractivity contribution in [3.05, 3.63) is 46.9 Å². The maximum absolute atomic E-state index is 12.9. The van der Waals surface area contributed by atoms with Crippen LogP contribution in [0, 0.1) is 0 Å². The molecule has 0 radical (unpaired) electrons. The third-order valence-corrected chi connectivity index (χ3v) is 3.57. The largest absolute Gasteiger partial charge is 0.491 e.